The van der Waals surface area contributed by atoms with E-state index >= 15 is 0 Å². The Morgan fingerprint density at radius 3 is 2.59 bits per heavy atom. The number of hydrogen-bond donors (Lipinski definition) is 1. The van der Waals surface area contributed by atoms with Crippen molar-refractivity contribution in [1.29, 1.82) is 5.26 Å². The standard InChI is InChI=1S/C26H30N2O4/c1-17-10-18(2)23(19(3)11-17)16-32-24-8-7-20(13-25(24)30-4)12-21(14-27)26(29)28-15-22-6-5-9-31-22/h7-8,10-13,22H,5-6,9,15-16H2,1-4H3,(H,28,29)/b21-12+/t22-/m0/s1. The number of carbonyl (C=O) groups is 1. The van der Waals surface area contributed by atoms with Crippen LogP contribution in [-0.4, -0.2) is 32.3 Å². The summed E-state index contributed by atoms with van der Waals surface area (Å²) in [5.41, 5.74) is 5.47. The van der Waals surface area contributed by atoms with Gasteiger partial charge in [-0.1, -0.05) is 23.8 Å². The Balaban J connectivity index is 1.71. The fourth-order valence-electron chi connectivity index (χ4n) is 3.90. The third kappa shape index (κ3) is 5.89. The molecule has 0 aliphatic carbocycles. The number of aryl methyl sites for hydroxylation is 3. The molecule has 1 N–H and O–H groups in total. The zero-order chi connectivity index (χ0) is 23.1. The van der Waals surface area contributed by atoms with Crippen molar-refractivity contribution in [2.45, 2.75) is 46.3 Å². The van der Waals surface area contributed by atoms with Gasteiger partial charge >= 0.3 is 0 Å². The molecule has 32 heavy (non-hydrogen) atoms. The molecule has 3 rings (SSSR count). The third-order valence-corrected chi connectivity index (χ3v) is 5.59. The maximum absolute atomic E-state index is 12.4. The number of nitrogens with zero attached hydrogens (tertiary/aromatic N) is 1. The molecule has 1 aliphatic rings. The molecule has 0 radical (unpaired) electrons. The third-order valence-electron chi connectivity index (χ3n) is 5.59. The molecule has 1 fully saturated rings. The summed E-state index contributed by atoms with van der Waals surface area (Å²) in [5, 5.41) is 12.2. The minimum Gasteiger partial charge on any atom is -0.493 e. The van der Waals surface area contributed by atoms with Gasteiger partial charge in [0.2, 0.25) is 0 Å². The van der Waals surface area contributed by atoms with E-state index in [4.69, 9.17) is 14.2 Å². The number of hydrogen-bond acceptors (Lipinski definition) is 5. The van der Waals surface area contributed by atoms with Crippen molar-refractivity contribution < 1.29 is 19.0 Å². The molecule has 0 saturated carbocycles. The molecule has 1 aliphatic heterocycles. The van der Waals surface area contributed by atoms with E-state index in [1.807, 2.05) is 6.07 Å². The fraction of sp³-hybridized carbons (Fsp3) is 0.385. The van der Waals surface area contributed by atoms with Gasteiger partial charge in [0.05, 0.1) is 13.2 Å². The van der Waals surface area contributed by atoms with E-state index in [-0.39, 0.29) is 11.7 Å². The molecule has 6 heteroatoms. The predicted octanol–water partition coefficient (Wildman–Crippen LogP) is 4.40. The first-order chi connectivity index (χ1) is 15.4. The van der Waals surface area contributed by atoms with E-state index in [1.165, 1.54) is 16.7 Å². The first-order valence-electron chi connectivity index (χ1n) is 10.8. The second-order valence-electron chi connectivity index (χ2n) is 8.09. The van der Waals surface area contributed by atoms with Gasteiger partial charge < -0.3 is 19.5 Å². The highest BCUT2D eigenvalue weighted by atomic mass is 16.5. The number of rotatable bonds is 8. The van der Waals surface area contributed by atoms with Crippen molar-refractivity contribution in [2.75, 3.05) is 20.3 Å². The highest BCUT2D eigenvalue weighted by Crippen LogP contribution is 2.30. The van der Waals surface area contributed by atoms with Crippen LogP contribution in [0.1, 0.15) is 40.7 Å². The van der Waals surface area contributed by atoms with Crippen LogP contribution < -0.4 is 14.8 Å². The van der Waals surface area contributed by atoms with E-state index in [2.05, 4.69) is 38.2 Å². The van der Waals surface area contributed by atoms with Crippen LogP contribution in [0.25, 0.3) is 6.08 Å². The molecule has 0 bridgehead atoms. The van der Waals surface area contributed by atoms with Crippen LogP contribution >= 0.6 is 0 Å². The smallest absolute Gasteiger partial charge is 0.262 e. The normalized spacial score (nSPS) is 15.8. The Kier molecular flexibility index (Phi) is 7.91. The molecule has 0 spiro atoms. The van der Waals surface area contributed by atoms with Gasteiger partial charge in [0.1, 0.15) is 18.2 Å². The van der Waals surface area contributed by atoms with Gasteiger partial charge in [0.15, 0.2) is 11.5 Å². The molecule has 1 amide bonds. The van der Waals surface area contributed by atoms with Crippen molar-refractivity contribution >= 4 is 12.0 Å². The lowest BCUT2D eigenvalue weighted by Crippen LogP contribution is -2.32. The van der Waals surface area contributed by atoms with Crippen LogP contribution in [0.3, 0.4) is 0 Å². The van der Waals surface area contributed by atoms with E-state index in [0.29, 0.717) is 30.2 Å². The zero-order valence-electron chi connectivity index (χ0n) is 19.2. The summed E-state index contributed by atoms with van der Waals surface area (Å²) < 4.78 is 17.0. The highest BCUT2D eigenvalue weighted by molar-refractivity contribution is 6.01. The van der Waals surface area contributed by atoms with Crippen LogP contribution in [0.4, 0.5) is 0 Å². The molecule has 168 valence electrons. The number of nitrogens with one attached hydrogen (secondary N) is 1. The second kappa shape index (κ2) is 10.8. The number of nitriles is 1. The topological polar surface area (TPSA) is 80.6 Å². The van der Waals surface area contributed by atoms with Crippen LogP contribution in [0.15, 0.2) is 35.9 Å². The van der Waals surface area contributed by atoms with Gasteiger partial charge in [-0.05, 0) is 74.1 Å². The Bertz CT molecular complexity index is 1020. The molecule has 1 heterocycles. The van der Waals surface area contributed by atoms with Gasteiger partial charge in [-0.3, -0.25) is 4.79 Å². The Hall–Kier alpha value is -3.30. The van der Waals surface area contributed by atoms with Crippen molar-refractivity contribution in [3.63, 3.8) is 0 Å². The SMILES string of the molecule is COc1cc(/C=C(\C#N)C(=O)NC[C@@H]2CCCO2)ccc1OCc1c(C)cc(C)cc1C. The van der Waals surface area contributed by atoms with Crippen LogP contribution in [0, 0.1) is 32.1 Å². The molecule has 0 aromatic heterocycles. The zero-order valence-corrected chi connectivity index (χ0v) is 19.2. The van der Waals surface area contributed by atoms with E-state index < -0.39 is 5.91 Å². The molecule has 2 aromatic rings. The van der Waals surface area contributed by atoms with Gasteiger partial charge in [0, 0.05) is 13.2 Å². The van der Waals surface area contributed by atoms with Crippen molar-refractivity contribution in [3.05, 3.63) is 63.7 Å². The highest BCUT2D eigenvalue weighted by Gasteiger charge is 2.18. The average molecular weight is 435 g/mol. The summed E-state index contributed by atoms with van der Waals surface area (Å²) in [7, 11) is 1.57. The van der Waals surface area contributed by atoms with E-state index in [9.17, 15) is 10.1 Å². The number of ether oxygens (including phenoxy) is 3. The monoisotopic (exact) mass is 434 g/mol. The average Bonchev–Trinajstić information content (AvgIpc) is 3.29. The molecule has 1 atom stereocenters. The quantitative estimate of drug-likeness (QED) is 0.492. The van der Waals surface area contributed by atoms with Crippen LogP contribution in [0.2, 0.25) is 0 Å². The summed E-state index contributed by atoms with van der Waals surface area (Å²) in [6.07, 6.45) is 3.49. The second-order valence-corrected chi connectivity index (χ2v) is 8.09. The first kappa shape index (κ1) is 23.4. The number of benzene rings is 2. The lowest BCUT2D eigenvalue weighted by Gasteiger charge is -2.15. The molecular weight excluding hydrogens is 404 g/mol. The van der Waals surface area contributed by atoms with E-state index in [1.54, 1.807) is 31.4 Å². The summed E-state index contributed by atoms with van der Waals surface area (Å²) in [6.45, 7) is 7.80. The summed E-state index contributed by atoms with van der Waals surface area (Å²) in [5.74, 6) is 0.733. The van der Waals surface area contributed by atoms with Gasteiger partial charge in [-0.25, -0.2) is 0 Å². The Morgan fingerprint density at radius 2 is 1.97 bits per heavy atom. The lowest BCUT2D eigenvalue weighted by molar-refractivity contribution is -0.117. The molecule has 0 unspecified atom stereocenters. The van der Waals surface area contributed by atoms with E-state index in [0.717, 1.165) is 25.0 Å². The molecule has 6 nitrogen and oxygen atoms in total. The van der Waals surface area contributed by atoms with Crippen molar-refractivity contribution in [2.24, 2.45) is 0 Å². The minimum absolute atomic E-state index is 0.0243. The largest absolute Gasteiger partial charge is 0.493 e. The Morgan fingerprint density at radius 1 is 1.22 bits per heavy atom. The maximum atomic E-state index is 12.4. The summed E-state index contributed by atoms with van der Waals surface area (Å²) in [4.78, 5) is 12.4. The number of carbonyl (C=O) groups excluding carboxylic acids is 1. The Labute approximate surface area is 189 Å². The molecular formula is C26H30N2O4. The van der Waals surface area contributed by atoms with Crippen molar-refractivity contribution in [1.82, 2.24) is 5.32 Å². The minimum atomic E-state index is -0.410. The van der Waals surface area contributed by atoms with Crippen molar-refractivity contribution in [3.8, 4) is 17.6 Å². The molecule has 1 saturated heterocycles. The number of methoxy groups -OCH3 is 1. The number of amides is 1. The predicted molar refractivity (Wildman–Crippen MR) is 124 cm³/mol. The maximum Gasteiger partial charge on any atom is 0.262 e. The summed E-state index contributed by atoms with van der Waals surface area (Å²) in [6, 6.07) is 11.6. The van der Waals surface area contributed by atoms with Gasteiger partial charge in [-0.2, -0.15) is 5.26 Å². The van der Waals surface area contributed by atoms with Gasteiger partial charge in [-0.15, -0.1) is 0 Å². The van der Waals surface area contributed by atoms with Crippen LogP contribution in [0.5, 0.6) is 11.5 Å². The molecule has 2 aromatic carbocycles. The summed E-state index contributed by atoms with van der Waals surface area (Å²) >= 11 is 0. The van der Waals surface area contributed by atoms with Gasteiger partial charge in [0.25, 0.3) is 5.91 Å². The lowest BCUT2D eigenvalue weighted by atomic mass is 10.0. The van der Waals surface area contributed by atoms with Crippen LogP contribution in [-0.2, 0) is 16.1 Å². The first-order valence-corrected chi connectivity index (χ1v) is 10.8. The fourth-order valence-corrected chi connectivity index (χ4v) is 3.90.